The Balaban J connectivity index is 1.54. The van der Waals surface area contributed by atoms with Crippen LogP contribution in [0.4, 0.5) is 0 Å². The van der Waals surface area contributed by atoms with E-state index in [-0.39, 0.29) is 22.8 Å². The van der Waals surface area contributed by atoms with Crippen LogP contribution in [0.2, 0.25) is 0 Å². The summed E-state index contributed by atoms with van der Waals surface area (Å²) < 4.78 is 29.3. The summed E-state index contributed by atoms with van der Waals surface area (Å²) in [7, 11) is -3.02. The molecule has 0 atom stereocenters. The number of oxazole rings is 1. The molecule has 2 heterocycles. The minimum absolute atomic E-state index is 0.0769. The predicted octanol–water partition coefficient (Wildman–Crippen LogP) is 2.43. The van der Waals surface area contributed by atoms with Crippen LogP contribution in [-0.2, 0) is 21.1 Å². The summed E-state index contributed by atoms with van der Waals surface area (Å²) in [6.07, 6.45) is 3.23. The number of hydrogen-bond donors (Lipinski definition) is 0. The van der Waals surface area contributed by atoms with E-state index in [1.165, 1.54) is 6.39 Å². The first-order valence-electron chi connectivity index (χ1n) is 8.66. The van der Waals surface area contributed by atoms with Crippen LogP contribution < -0.4 is 0 Å². The van der Waals surface area contributed by atoms with Crippen LogP contribution in [0.25, 0.3) is 11.1 Å². The number of fused-ring (bicyclic) bond motifs is 1. The molecule has 1 aliphatic rings. The molecule has 0 bridgehead atoms. The molecule has 6 nitrogen and oxygen atoms in total. The maximum absolute atomic E-state index is 12.5. The fourth-order valence-corrected chi connectivity index (χ4v) is 4.55. The molecular weight excluding hydrogens is 340 g/mol. The van der Waals surface area contributed by atoms with E-state index in [0.717, 1.165) is 23.9 Å². The lowest BCUT2D eigenvalue weighted by Gasteiger charge is -2.32. The molecule has 1 aromatic carbocycles. The van der Waals surface area contributed by atoms with E-state index in [2.05, 4.69) is 4.98 Å². The second kappa shape index (κ2) is 7.15. The van der Waals surface area contributed by atoms with Gasteiger partial charge >= 0.3 is 0 Å². The van der Waals surface area contributed by atoms with Crippen molar-refractivity contribution >= 4 is 26.8 Å². The number of piperidine rings is 1. The third-order valence-corrected chi connectivity index (χ3v) is 7.28. The summed E-state index contributed by atoms with van der Waals surface area (Å²) in [6.45, 7) is 4.70. The molecule has 0 aliphatic carbocycles. The average molecular weight is 364 g/mol. The third-order valence-electron chi connectivity index (χ3n) is 4.90. The summed E-state index contributed by atoms with van der Waals surface area (Å²) in [6, 6.07) is 5.58. The zero-order valence-corrected chi connectivity index (χ0v) is 15.5. The summed E-state index contributed by atoms with van der Waals surface area (Å²) in [5.41, 5.74) is 2.38. The van der Waals surface area contributed by atoms with E-state index < -0.39 is 9.84 Å². The van der Waals surface area contributed by atoms with Crippen molar-refractivity contribution in [2.24, 2.45) is 5.92 Å². The normalized spacial score (nSPS) is 16.7. The van der Waals surface area contributed by atoms with Crippen LogP contribution in [0.15, 0.2) is 29.0 Å². The minimum Gasteiger partial charge on any atom is -0.443 e. The molecule has 3 rings (SSSR count). The first-order valence-corrected chi connectivity index (χ1v) is 10.4. The van der Waals surface area contributed by atoms with Gasteiger partial charge < -0.3 is 9.32 Å². The summed E-state index contributed by atoms with van der Waals surface area (Å²) in [5, 5.41) is -0.335. The quantitative estimate of drug-likeness (QED) is 0.814. The van der Waals surface area contributed by atoms with E-state index in [0.29, 0.717) is 25.1 Å². The highest BCUT2D eigenvalue weighted by Gasteiger charge is 2.28. The molecule has 2 aromatic rings. The van der Waals surface area contributed by atoms with Gasteiger partial charge in [0.15, 0.2) is 21.8 Å². The molecule has 1 aromatic heterocycles. The standard InChI is InChI=1S/C18H24N2O4S/c1-13(2)25(22,23)11-14-5-7-20(8-6-14)18(21)10-15-3-4-17-16(9-15)19-12-24-17/h3-4,9,12-14H,5-8,10-11H2,1-2H3. The van der Waals surface area contributed by atoms with Gasteiger partial charge in [0.25, 0.3) is 0 Å². The predicted molar refractivity (Wildman–Crippen MR) is 95.9 cm³/mol. The van der Waals surface area contributed by atoms with E-state index in [9.17, 15) is 13.2 Å². The van der Waals surface area contributed by atoms with Gasteiger partial charge in [-0.3, -0.25) is 4.79 Å². The molecule has 0 saturated carbocycles. The van der Waals surface area contributed by atoms with Crippen molar-refractivity contribution in [3.05, 3.63) is 30.2 Å². The van der Waals surface area contributed by atoms with Gasteiger partial charge in [0, 0.05) is 13.1 Å². The lowest BCUT2D eigenvalue weighted by molar-refractivity contribution is -0.131. The van der Waals surface area contributed by atoms with Gasteiger partial charge in [-0.1, -0.05) is 6.07 Å². The maximum Gasteiger partial charge on any atom is 0.226 e. The van der Waals surface area contributed by atoms with Crippen molar-refractivity contribution < 1.29 is 17.6 Å². The minimum atomic E-state index is -3.02. The van der Waals surface area contributed by atoms with Crippen LogP contribution in [-0.4, -0.2) is 48.3 Å². The van der Waals surface area contributed by atoms with E-state index >= 15 is 0 Å². The number of sulfone groups is 1. The van der Waals surface area contributed by atoms with Crippen molar-refractivity contribution in [2.45, 2.75) is 38.4 Å². The monoisotopic (exact) mass is 364 g/mol. The van der Waals surface area contributed by atoms with Gasteiger partial charge in [0.2, 0.25) is 5.91 Å². The maximum atomic E-state index is 12.5. The number of amides is 1. The Labute approximate surface area is 148 Å². The van der Waals surface area contributed by atoms with Crippen LogP contribution in [0.1, 0.15) is 32.3 Å². The van der Waals surface area contributed by atoms with E-state index in [1.54, 1.807) is 13.8 Å². The summed E-state index contributed by atoms with van der Waals surface area (Å²) in [5.74, 6) is 0.464. The number of carbonyl (C=O) groups is 1. The lowest BCUT2D eigenvalue weighted by atomic mass is 9.98. The average Bonchev–Trinajstić information content (AvgIpc) is 3.02. The molecule has 1 fully saturated rings. The Morgan fingerprint density at radius 3 is 2.72 bits per heavy atom. The topological polar surface area (TPSA) is 80.5 Å². The Morgan fingerprint density at radius 1 is 1.32 bits per heavy atom. The number of rotatable bonds is 5. The number of carbonyl (C=O) groups excluding carboxylic acids is 1. The number of benzene rings is 1. The van der Waals surface area contributed by atoms with Crippen molar-refractivity contribution in [3.8, 4) is 0 Å². The Bertz CT molecular complexity index is 849. The van der Waals surface area contributed by atoms with Crippen molar-refractivity contribution in [1.29, 1.82) is 0 Å². The number of aromatic nitrogens is 1. The zero-order valence-electron chi connectivity index (χ0n) is 14.6. The van der Waals surface area contributed by atoms with Gasteiger partial charge in [-0.05, 0) is 50.3 Å². The van der Waals surface area contributed by atoms with Crippen LogP contribution >= 0.6 is 0 Å². The highest BCUT2D eigenvalue weighted by Crippen LogP contribution is 2.22. The molecule has 136 valence electrons. The Morgan fingerprint density at radius 2 is 2.04 bits per heavy atom. The first-order chi connectivity index (χ1) is 11.8. The molecule has 25 heavy (non-hydrogen) atoms. The largest absolute Gasteiger partial charge is 0.443 e. The molecular formula is C18H24N2O4S. The zero-order chi connectivity index (χ0) is 18.0. The molecule has 1 saturated heterocycles. The number of likely N-dealkylation sites (tertiary alicyclic amines) is 1. The van der Waals surface area contributed by atoms with E-state index in [4.69, 9.17) is 4.42 Å². The Kier molecular flexibility index (Phi) is 5.13. The molecule has 1 aliphatic heterocycles. The van der Waals surface area contributed by atoms with Gasteiger partial charge in [-0.2, -0.15) is 0 Å². The summed E-state index contributed by atoms with van der Waals surface area (Å²) >= 11 is 0. The first kappa shape index (κ1) is 17.9. The number of hydrogen-bond acceptors (Lipinski definition) is 5. The van der Waals surface area contributed by atoms with Crippen molar-refractivity contribution in [1.82, 2.24) is 9.88 Å². The van der Waals surface area contributed by atoms with Gasteiger partial charge in [-0.15, -0.1) is 0 Å². The van der Waals surface area contributed by atoms with E-state index in [1.807, 2.05) is 23.1 Å². The number of nitrogens with zero attached hydrogens (tertiary/aromatic N) is 2. The Hall–Kier alpha value is -1.89. The van der Waals surface area contributed by atoms with Crippen LogP contribution in [0.3, 0.4) is 0 Å². The third kappa shape index (κ3) is 4.21. The molecule has 0 spiro atoms. The highest BCUT2D eigenvalue weighted by molar-refractivity contribution is 7.91. The smallest absolute Gasteiger partial charge is 0.226 e. The SMILES string of the molecule is CC(C)S(=O)(=O)CC1CCN(C(=O)Cc2ccc3ocnc3c2)CC1. The second-order valence-corrected chi connectivity index (χ2v) is 9.64. The summed E-state index contributed by atoms with van der Waals surface area (Å²) in [4.78, 5) is 18.5. The van der Waals surface area contributed by atoms with Gasteiger partial charge in [-0.25, -0.2) is 13.4 Å². The molecule has 1 amide bonds. The molecule has 0 radical (unpaired) electrons. The molecule has 0 unspecified atom stereocenters. The van der Waals surface area contributed by atoms with Crippen molar-refractivity contribution in [3.63, 3.8) is 0 Å². The van der Waals surface area contributed by atoms with Crippen LogP contribution in [0, 0.1) is 5.92 Å². The molecule has 7 heteroatoms. The second-order valence-electron chi connectivity index (χ2n) is 7.03. The van der Waals surface area contributed by atoms with Gasteiger partial charge in [0.1, 0.15) is 5.52 Å². The fraction of sp³-hybridized carbons (Fsp3) is 0.556. The van der Waals surface area contributed by atoms with Crippen LogP contribution in [0.5, 0.6) is 0 Å². The lowest BCUT2D eigenvalue weighted by Crippen LogP contribution is -2.41. The fourth-order valence-electron chi connectivity index (χ4n) is 3.17. The van der Waals surface area contributed by atoms with Crippen molar-refractivity contribution in [2.75, 3.05) is 18.8 Å². The van der Waals surface area contributed by atoms with Gasteiger partial charge in [0.05, 0.1) is 17.4 Å². The molecule has 0 N–H and O–H groups in total. The highest BCUT2D eigenvalue weighted by atomic mass is 32.2.